The molecule has 0 spiro atoms. The molecule has 10 heteroatoms. The topological polar surface area (TPSA) is 61.9 Å². The Morgan fingerprint density at radius 3 is 2.52 bits per heavy atom. The van der Waals surface area contributed by atoms with Gasteiger partial charge in [0.05, 0.1) is 27.5 Å². The number of H-pyrrole nitrogens is 1. The number of benzene rings is 1. The lowest BCUT2D eigenvalue weighted by Crippen LogP contribution is -2.39. The van der Waals surface area contributed by atoms with Crippen molar-refractivity contribution in [3.63, 3.8) is 0 Å². The molecule has 158 valence electrons. The van der Waals surface area contributed by atoms with Crippen molar-refractivity contribution >= 4 is 34.6 Å². The van der Waals surface area contributed by atoms with Gasteiger partial charge in [0.25, 0.3) is 11.7 Å². The van der Waals surface area contributed by atoms with E-state index in [9.17, 15) is 18.0 Å². The molecule has 5 nitrogen and oxygen atoms in total. The standard InChI is InChI=1S/C21H13Cl2F3N4O/c22-13-8-7-12(11-14(13)23)19-28-17(16-6-2-4-10-30(16)19)20(31)29-18(21(24,25)26)15-5-1-3-9-27-15/h1-11,18H,(H,29,31)/p+1. The molecular weight excluding hydrogens is 452 g/mol. The number of hydrogen-bond donors (Lipinski definition) is 2. The van der Waals surface area contributed by atoms with Gasteiger partial charge < -0.3 is 5.32 Å². The van der Waals surface area contributed by atoms with Crippen LogP contribution >= 0.6 is 23.2 Å². The number of rotatable bonds is 4. The average Bonchev–Trinajstić information content (AvgIpc) is 3.13. The quantitative estimate of drug-likeness (QED) is 0.409. The largest absolute Gasteiger partial charge is 0.414 e. The Labute approximate surface area is 184 Å². The van der Waals surface area contributed by atoms with Gasteiger partial charge in [0.2, 0.25) is 5.69 Å². The highest BCUT2D eigenvalue weighted by atomic mass is 35.5. The molecule has 1 atom stereocenters. The fourth-order valence-corrected chi connectivity index (χ4v) is 3.48. The van der Waals surface area contributed by atoms with Crippen LogP contribution in [0.3, 0.4) is 0 Å². The van der Waals surface area contributed by atoms with E-state index in [4.69, 9.17) is 23.2 Å². The second-order valence-corrected chi connectivity index (χ2v) is 7.45. The van der Waals surface area contributed by atoms with Crippen LogP contribution in [-0.4, -0.2) is 22.1 Å². The van der Waals surface area contributed by atoms with Crippen molar-refractivity contribution in [2.75, 3.05) is 0 Å². The molecule has 4 aromatic rings. The molecule has 1 unspecified atom stereocenters. The smallest absolute Gasteiger partial charge is 0.332 e. The molecule has 1 aromatic carbocycles. The first-order chi connectivity index (χ1) is 14.8. The molecule has 1 amide bonds. The molecule has 0 saturated heterocycles. The number of imidazole rings is 1. The first-order valence-electron chi connectivity index (χ1n) is 9.02. The number of nitrogens with zero attached hydrogens (tertiary/aromatic N) is 2. The summed E-state index contributed by atoms with van der Waals surface area (Å²) in [7, 11) is 0. The van der Waals surface area contributed by atoms with Gasteiger partial charge in [0, 0.05) is 6.20 Å². The number of pyridine rings is 2. The first kappa shape index (κ1) is 21.1. The minimum atomic E-state index is -4.73. The van der Waals surface area contributed by atoms with E-state index in [2.05, 4.69) is 9.97 Å². The van der Waals surface area contributed by atoms with Crippen LogP contribution in [0.2, 0.25) is 10.0 Å². The zero-order valence-electron chi connectivity index (χ0n) is 15.6. The van der Waals surface area contributed by atoms with E-state index >= 15 is 0 Å². The van der Waals surface area contributed by atoms with Gasteiger partial charge >= 0.3 is 6.18 Å². The Morgan fingerprint density at radius 1 is 1.06 bits per heavy atom. The summed E-state index contributed by atoms with van der Waals surface area (Å²) < 4.78 is 42.6. The molecule has 31 heavy (non-hydrogen) atoms. The van der Waals surface area contributed by atoms with Crippen molar-refractivity contribution < 1.29 is 22.4 Å². The highest BCUT2D eigenvalue weighted by Gasteiger charge is 2.44. The fourth-order valence-electron chi connectivity index (χ4n) is 3.19. The number of halogens is 5. The summed E-state index contributed by atoms with van der Waals surface area (Å²) in [5.41, 5.74) is 0.651. The zero-order chi connectivity index (χ0) is 22.2. The van der Waals surface area contributed by atoms with Crippen LogP contribution in [-0.2, 0) is 0 Å². The number of nitrogens with one attached hydrogen (secondary N) is 2. The fraction of sp³-hybridized carbons (Fsp3) is 0.0952. The molecule has 0 radical (unpaired) electrons. The molecule has 3 heterocycles. The maximum Gasteiger partial charge on any atom is 0.414 e. The number of alkyl halides is 3. The number of carbonyl (C=O) groups is 1. The van der Waals surface area contributed by atoms with Crippen molar-refractivity contribution in [2.45, 2.75) is 12.2 Å². The van der Waals surface area contributed by atoms with Crippen LogP contribution in [0.5, 0.6) is 0 Å². The molecule has 2 N–H and O–H groups in total. The Hall–Kier alpha value is -3.10. The highest BCUT2D eigenvalue weighted by molar-refractivity contribution is 6.42. The normalized spacial score (nSPS) is 12.7. The van der Waals surface area contributed by atoms with Crippen LogP contribution in [0.4, 0.5) is 13.2 Å². The minimum absolute atomic E-state index is 0.0353. The van der Waals surface area contributed by atoms with Gasteiger partial charge in [-0.2, -0.15) is 17.6 Å². The van der Waals surface area contributed by atoms with Gasteiger partial charge in [0.15, 0.2) is 11.6 Å². The average molecular weight is 466 g/mol. The van der Waals surface area contributed by atoms with Crippen molar-refractivity contribution in [3.05, 3.63) is 88.4 Å². The first-order valence-corrected chi connectivity index (χ1v) is 9.77. The Balaban J connectivity index is 1.77. The van der Waals surface area contributed by atoms with E-state index in [-0.39, 0.29) is 11.4 Å². The van der Waals surface area contributed by atoms with E-state index in [1.54, 1.807) is 47.0 Å². The molecule has 0 aliphatic heterocycles. The second kappa shape index (κ2) is 8.20. The third kappa shape index (κ3) is 4.22. The maximum atomic E-state index is 13.7. The van der Waals surface area contributed by atoms with Gasteiger partial charge in [-0.15, -0.1) is 0 Å². The van der Waals surface area contributed by atoms with E-state index in [1.807, 2.05) is 5.32 Å². The molecule has 0 fully saturated rings. The van der Waals surface area contributed by atoms with E-state index in [1.165, 1.54) is 24.4 Å². The SMILES string of the molecule is O=C(NC(c1ccccn1)C(F)(F)F)c1[nH]c(-c2ccc(Cl)c(Cl)c2)[n+]2ccccc12. The number of carbonyl (C=O) groups excluding carboxylic acids is 1. The molecule has 0 bridgehead atoms. The highest BCUT2D eigenvalue weighted by Crippen LogP contribution is 2.32. The third-order valence-corrected chi connectivity index (χ3v) is 5.35. The Bertz CT molecular complexity index is 1260. The van der Waals surface area contributed by atoms with Crippen molar-refractivity contribution in [3.8, 4) is 11.4 Å². The lowest BCUT2D eigenvalue weighted by molar-refractivity contribution is -0.498. The third-order valence-electron chi connectivity index (χ3n) is 4.61. The lowest BCUT2D eigenvalue weighted by atomic mass is 10.1. The molecule has 0 saturated carbocycles. The predicted octanol–water partition coefficient (Wildman–Crippen LogP) is 5.16. The minimum Gasteiger partial charge on any atom is -0.332 e. The van der Waals surface area contributed by atoms with Crippen LogP contribution < -0.4 is 9.72 Å². The van der Waals surface area contributed by atoms with E-state index < -0.39 is 18.1 Å². The number of hydrogen-bond acceptors (Lipinski definition) is 2. The van der Waals surface area contributed by atoms with Crippen molar-refractivity contribution in [1.29, 1.82) is 0 Å². The molecule has 0 aliphatic carbocycles. The summed E-state index contributed by atoms with van der Waals surface area (Å²) in [4.78, 5) is 19.6. The zero-order valence-corrected chi connectivity index (χ0v) is 17.1. The lowest BCUT2D eigenvalue weighted by Gasteiger charge is -2.20. The van der Waals surface area contributed by atoms with Gasteiger partial charge in [-0.25, -0.2) is 4.98 Å². The van der Waals surface area contributed by atoms with Gasteiger partial charge in [-0.05, 0) is 42.5 Å². The van der Waals surface area contributed by atoms with Crippen LogP contribution in [0.1, 0.15) is 22.2 Å². The molecule has 4 rings (SSSR count). The molecule has 0 aliphatic rings. The summed E-state index contributed by atoms with van der Waals surface area (Å²) in [6.07, 6.45) is -1.81. The number of amides is 1. The number of aromatic nitrogens is 3. The summed E-state index contributed by atoms with van der Waals surface area (Å²) >= 11 is 12.1. The maximum absolute atomic E-state index is 13.7. The van der Waals surface area contributed by atoms with Crippen molar-refractivity contribution in [2.24, 2.45) is 0 Å². The summed E-state index contributed by atoms with van der Waals surface area (Å²) in [5, 5.41) is 2.71. The number of fused-ring (bicyclic) bond motifs is 1. The van der Waals surface area contributed by atoms with E-state index in [0.29, 0.717) is 26.9 Å². The molecular formula is C21H14Cl2F3N4O+. The monoisotopic (exact) mass is 465 g/mol. The van der Waals surface area contributed by atoms with Crippen LogP contribution in [0.15, 0.2) is 67.0 Å². The Kier molecular flexibility index (Phi) is 5.60. The number of aromatic amines is 1. The second-order valence-electron chi connectivity index (χ2n) is 6.64. The molecule has 3 aromatic heterocycles. The summed E-state index contributed by atoms with van der Waals surface area (Å²) in [6.45, 7) is 0. The van der Waals surface area contributed by atoms with Gasteiger partial charge in [0.1, 0.15) is 0 Å². The van der Waals surface area contributed by atoms with Gasteiger partial charge in [-0.1, -0.05) is 35.3 Å². The van der Waals surface area contributed by atoms with Gasteiger partial charge in [-0.3, -0.25) is 9.78 Å². The van der Waals surface area contributed by atoms with E-state index in [0.717, 1.165) is 0 Å². The predicted molar refractivity (Wildman–Crippen MR) is 110 cm³/mol. The van der Waals surface area contributed by atoms with Crippen molar-refractivity contribution in [1.82, 2.24) is 15.3 Å². The van der Waals surface area contributed by atoms with Crippen LogP contribution in [0, 0.1) is 0 Å². The Morgan fingerprint density at radius 2 is 1.84 bits per heavy atom. The summed E-state index contributed by atoms with van der Waals surface area (Å²) in [6, 6.07) is 11.8. The van der Waals surface area contributed by atoms with Crippen LogP contribution in [0.25, 0.3) is 16.9 Å². The summed E-state index contributed by atoms with van der Waals surface area (Å²) in [5.74, 6) is -0.469.